The average Bonchev–Trinajstić information content (AvgIpc) is 2.94. The highest BCUT2D eigenvalue weighted by Crippen LogP contribution is 2.27. The Kier molecular flexibility index (Phi) is 3.91. The predicted molar refractivity (Wildman–Crippen MR) is 70.7 cm³/mol. The van der Waals surface area contributed by atoms with Crippen molar-refractivity contribution in [2.75, 3.05) is 0 Å². The summed E-state index contributed by atoms with van der Waals surface area (Å²) in [6.45, 7) is 5.77. The minimum absolute atomic E-state index is 0.439. The summed E-state index contributed by atoms with van der Waals surface area (Å²) in [6, 6.07) is 4.13. The molecule has 2 aromatic rings. The van der Waals surface area contributed by atoms with Gasteiger partial charge in [0.25, 0.3) is 0 Å². The van der Waals surface area contributed by atoms with Crippen LogP contribution in [0.2, 0.25) is 0 Å². The topological polar surface area (TPSA) is 56.7 Å². The fourth-order valence-corrected chi connectivity index (χ4v) is 2.50. The Balaban J connectivity index is 2.30. The highest BCUT2D eigenvalue weighted by molar-refractivity contribution is 7.13. The molecule has 0 amide bonds. The van der Waals surface area contributed by atoms with Crippen molar-refractivity contribution in [3.05, 3.63) is 23.2 Å². The summed E-state index contributed by atoms with van der Waals surface area (Å²) in [6.07, 6.45) is 1.10. The lowest BCUT2D eigenvalue weighted by Crippen LogP contribution is -2.06. The van der Waals surface area contributed by atoms with Crippen LogP contribution in [0.1, 0.15) is 26.0 Å². The first-order valence-corrected chi connectivity index (χ1v) is 6.76. The van der Waals surface area contributed by atoms with Gasteiger partial charge in [-0.05, 0) is 23.8 Å². The van der Waals surface area contributed by atoms with E-state index in [-0.39, 0.29) is 0 Å². The van der Waals surface area contributed by atoms with Gasteiger partial charge < -0.3 is 5.73 Å². The van der Waals surface area contributed by atoms with Gasteiger partial charge in [0.05, 0.1) is 4.88 Å². The summed E-state index contributed by atoms with van der Waals surface area (Å²) < 4.78 is 1.98. The van der Waals surface area contributed by atoms with E-state index in [4.69, 9.17) is 5.73 Å². The van der Waals surface area contributed by atoms with E-state index < -0.39 is 0 Å². The molecule has 4 nitrogen and oxygen atoms in total. The maximum atomic E-state index is 5.71. The summed E-state index contributed by atoms with van der Waals surface area (Å²) >= 11 is 1.70. The molecule has 92 valence electrons. The van der Waals surface area contributed by atoms with Gasteiger partial charge in [0.15, 0.2) is 0 Å². The van der Waals surface area contributed by atoms with Crippen molar-refractivity contribution in [1.29, 1.82) is 0 Å². The van der Waals surface area contributed by atoms with E-state index in [0.717, 1.165) is 24.4 Å². The molecular weight excluding hydrogens is 232 g/mol. The SMILES string of the molecule is CC(C)CCn1nnc(CN)c1-c1cccs1. The van der Waals surface area contributed by atoms with Crippen LogP contribution in [0.4, 0.5) is 0 Å². The van der Waals surface area contributed by atoms with Gasteiger partial charge in [0, 0.05) is 13.1 Å². The molecule has 5 heteroatoms. The minimum atomic E-state index is 0.439. The molecule has 0 aliphatic rings. The van der Waals surface area contributed by atoms with Crippen molar-refractivity contribution in [3.63, 3.8) is 0 Å². The molecule has 0 spiro atoms. The second kappa shape index (κ2) is 5.42. The van der Waals surface area contributed by atoms with E-state index in [0.29, 0.717) is 12.5 Å². The summed E-state index contributed by atoms with van der Waals surface area (Å²) in [5.41, 5.74) is 7.69. The van der Waals surface area contributed by atoms with Gasteiger partial charge in [-0.15, -0.1) is 16.4 Å². The largest absolute Gasteiger partial charge is 0.325 e. The van der Waals surface area contributed by atoms with Gasteiger partial charge in [-0.2, -0.15) is 0 Å². The van der Waals surface area contributed by atoms with Gasteiger partial charge >= 0.3 is 0 Å². The van der Waals surface area contributed by atoms with Crippen molar-refractivity contribution in [2.45, 2.75) is 33.4 Å². The standard InChI is InChI=1S/C12H18N4S/c1-9(2)5-6-16-12(10(8-13)14-15-16)11-4-3-7-17-11/h3-4,7,9H,5-6,8,13H2,1-2H3. The number of nitrogens with zero attached hydrogens (tertiary/aromatic N) is 3. The van der Waals surface area contributed by atoms with E-state index in [1.54, 1.807) is 11.3 Å². The summed E-state index contributed by atoms with van der Waals surface area (Å²) in [5, 5.41) is 10.4. The number of hydrogen-bond acceptors (Lipinski definition) is 4. The third-order valence-corrected chi connectivity index (χ3v) is 3.55. The zero-order valence-electron chi connectivity index (χ0n) is 10.3. The number of nitrogens with two attached hydrogens (primary N) is 1. The Morgan fingerprint density at radius 2 is 2.29 bits per heavy atom. The van der Waals surface area contributed by atoms with E-state index in [2.05, 4.69) is 35.6 Å². The summed E-state index contributed by atoms with van der Waals surface area (Å²) in [4.78, 5) is 1.19. The smallest absolute Gasteiger partial charge is 0.105 e. The molecular formula is C12H18N4S. The molecule has 0 atom stereocenters. The number of aromatic nitrogens is 3. The molecule has 0 bridgehead atoms. The second-order valence-corrected chi connectivity index (χ2v) is 5.42. The monoisotopic (exact) mass is 250 g/mol. The van der Waals surface area contributed by atoms with Gasteiger partial charge in [-0.25, -0.2) is 4.68 Å². The molecule has 0 unspecified atom stereocenters. The molecule has 2 N–H and O–H groups in total. The Labute approximate surface area is 105 Å². The first-order valence-electron chi connectivity index (χ1n) is 5.88. The third-order valence-electron chi connectivity index (χ3n) is 2.67. The van der Waals surface area contributed by atoms with Crippen molar-refractivity contribution in [2.24, 2.45) is 11.7 Å². The van der Waals surface area contributed by atoms with Gasteiger partial charge in [0.2, 0.25) is 0 Å². The zero-order valence-corrected chi connectivity index (χ0v) is 11.1. The quantitative estimate of drug-likeness (QED) is 0.887. The van der Waals surface area contributed by atoms with Crippen LogP contribution < -0.4 is 5.73 Å². The molecule has 0 saturated heterocycles. The van der Waals surface area contributed by atoms with Crippen molar-refractivity contribution >= 4 is 11.3 Å². The Hall–Kier alpha value is -1.20. The number of aryl methyl sites for hydroxylation is 1. The lowest BCUT2D eigenvalue weighted by atomic mass is 10.1. The van der Waals surface area contributed by atoms with E-state index in [1.807, 2.05) is 10.7 Å². The Morgan fingerprint density at radius 3 is 2.88 bits per heavy atom. The molecule has 2 rings (SSSR count). The molecule has 0 aliphatic carbocycles. The molecule has 2 aromatic heterocycles. The number of thiophene rings is 1. The van der Waals surface area contributed by atoms with E-state index in [9.17, 15) is 0 Å². The maximum Gasteiger partial charge on any atom is 0.105 e. The summed E-state index contributed by atoms with van der Waals surface area (Å²) in [5.74, 6) is 0.664. The number of hydrogen-bond donors (Lipinski definition) is 1. The minimum Gasteiger partial charge on any atom is -0.325 e. The molecule has 0 aromatic carbocycles. The average molecular weight is 250 g/mol. The summed E-state index contributed by atoms with van der Waals surface area (Å²) in [7, 11) is 0. The van der Waals surface area contributed by atoms with Crippen molar-refractivity contribution in [3.8, 4) is 10.6 Å². The van der Waals surface area contributed by atoms with Crippen LogP contribution in [-0.4, -0.2) is 15.0 Å². The first-order chi connectivity index (χ1) is 8.22. The van der Waals surface area contributed by atoms with Gasteiger partial charge in [-0.3, -0.25) is 0 Å². The van der Waals surface area contributed by atoms with Crippen molar-refractivity contribution < 1.29 is 0 Å². The van der Waals surface area contributed by atoms with Crippen LogP contribution in [-0.2, 0) is 13.1 Å². The molecule has 0 aliphatic heterocycles. The molecule has 17 heavy (non-hydrogen) atoms. The predicted octanol–water partition coefficient (Wildman–Crippen LogP) is 2.51. The lowest BCUT2D eigenvalue weighted by molar-refractivity contribution is 0.481. The van der Waals surface area contributed by atoms with Crippen molar-refractivity contribution in [1.82, 2.24) is 15.0 Å². The molecule has 0 saturated carbocycles. The molecule has 0 radical (unpaired) electrons. The van der Waals surface area contributed by atoms with E-state index in [1.165, 1.54) is 4.88 Å². The fraction of sp³-hybridized carbons (Fsp3) is 0.500. The highest BCUT2D eigenvalue weighted by atomic mass is 32.1. The van der Waals surface area contributed by atoms with E-state index >= 15 is 0 Å². The van der Waals surface area contributed by atoms with Crippen LogP contribution in [0.3, 0.4) is 0 Å². The fourth-order valence-electron chi connectivity index (χ4n) is 1.71. The highest BCUT2D eigenvalue weighted by Gasteiger charge is 2.14. The second-order valence-electron chi connectivity index (χ2n) is 4.47. The zero-order chi connectivity index (χ0) is 12.3. The third kappa shape index (κ3) is 2.73. The Bertz CT molecular complexity index is 459. The lowest BCUT2D eigenvalue weighted by Gasteiger charge is -2.07. The van der Waals surface area contributed by atoms with Gasteiger partial charge in [-0.1, -0.05) is 25.1 Å². The van der Waals surface area contributed by atoms with Gasteiger partial charge in [0.1, 0.15) is 11.4 Å². The maximum absolute atomic E-state index is 5.71. The van der Waals surface area contributed by atoms with Crippen LogP contribution in [0.25, 0.3) is 10.6 Å². The van der Waals surface area contributed by atoms with Crippen LogP contribution in [0, 0.1) is 5.92 Å². The normalized spacial score (nSPS) is 11.3. The van der Waals surface area contributed by atoms with Crippen LogP contribution in [0.15, 0.2) is 17.5 Å². The number of rotatable bonds is 5. The van der Waals surface area contributed by atoms with Crippen LogP contribution in [0.5, 0.6) is 0 Å². The molecule has 0 fully saturated rings. The molecule has 2 heterocycles. The first kappa shape index (κ1) is 12.3. The van der Waals surface area contributed by atoms with Crippen LogP contribution >= 0.6 is 11.3 Å². The Morgan fingerprint density at radius 1 is 1.47 bits per heavy atom.